The van der Waals surface area contributed by atoms with E-state index in [0.717, 1.165) is 21.5 Å². The number of carbonyl (C=O) groups is 1. The van der Waals surface area contributed by atoms with Gasteiger partial charge in [0.05, 0.1) is 29.3 Å². The molecule has 0 saturated heterocycles. The van der Waals surface area contributed by atoms with Crippen molar-refractivity contribution in [1.29, 1.82) is 0 Å². The number of nitrogens with zero attached hydrogens (tertiary/aromatic N) is 4. The van der Waals surface area contributed by atoms with Gasteiger partial charge in [-0.2, -0.15) is 15.0 Å². The van der Waals surface area contributed by atoms with Crippen molar-refractivity contribution in [3.8, 4) is 0 Å². The summed E-state index contributed by atoms with van der Waals surface area (Å²) in [6, 6.07) is 13.1. The molecule has 0 amide bonds. The maximum atomic E-state index is 11.9. The third-order valence-electron chi connectivity index (χ3n) is 4.68. The van der Waals surface area contributed by atoms with Gasteiger partial charge in [0, 0.05) is 23.2 Å². The molecule has 32 heavy (non-hydrogen) atoms. The Hall–Kier alpha value is -3.01. The van der Waals surface area contributed by atoms with Crippen LogP contribution in [0.5, 0.6) is 0 Å². The lowest BCUT2D eigenvalue weighted by atomic mass is 9.96. The highest BCUT2D eigenvalue weighted by atomic mass is 35.5. The Kier molecular flexibility index (Phi) is 6.99. The molecule has 8 nitrogen and oxygen atoms in total. The minimum absolute atomic E-state index is 0.0416. The fourth-order valence-corrected chi connectivity index (χ4v) is 4.09. The van der Waals surface area contributed by atoms with E-state index in [4.69, 9.17) is 27.9 Å². The van der Waals surface area contributed by atoms with Gasteiger partial charge in [-0.1, -0.05) is 23.7 Å². The Balaban J connectivity index is 1.50. The molecule has 0 saturated carbocycles. The van der Waals surface area contributed by atoms with Crippen LogP contribution < -0.4 is 10.6 Å². The van der Waals surface area contributed by atoms with E-state index in [1.807, 2.05) is 30.3 Å². The van der Waals surface area contributed by atoms with Crippen molar-refractivity contribution in [2.24, 2.45) is 0 Å². The lowest BCUT2D eigenvalue weighted by Gasteiger charge is -2.17. The monoisotopic (exact) mass is 488 g/mol. The molecule has 2 N–H and O–H groups in total. The zero-order valence-electron chi connectivity index (χ0n) is 16.9. The quantitative estimate of drug-likeness (QED) is 0.322. The number of benzene rings is 2. The third kappa shape index (κ3) is 5.61. The maximum Gasteiger partial charge on any atom is 0.306 e. The first-order chi connectivity index (χ1) is 15.5. The number of fused-ring (bicyclic) bond motifs is 1. The lowest BCUT2D eigenvalue weighted by Crippen LogP contribution is -2.19. The van der Waals surface area contributed by atoms with Crippen molar-refractivity contribution in [3.05, 3.63) is 63.8 Å². The van der Waals surface area contributed by atoms with Crippen LogP contribution in [0.25, 0.3) is 10.2 Å². The summed E-state index contributed by atoms with van der Waals surface area (Å²) in [7, 11) is 1.36. The van der Waals surface area contributed by atoms with Crippen molar-refractivity contribution in [2.45, 2.75) is 12.3 Å². The second-order valence-corrected chi connectivity index (χ2v) is 8.48. The van der Waals surface area contributed by atoms with Gasteiger partial charge in [0.15, 0.2) is 0 Å². The number of halogens is 2. The van der Waals surface area contributed by atoms with Gasteiger partial charge in [-0.05, 0) is 47.5 Å². The standard InChI is InChI=1S/C21H18Cl2N6O2S/c1-31-18(30)8-13(12-2-4-14(22)5-3-12)10-24-20-27-19(23)28-21(29-20)26-15-6-7-16-17(9-15)32-11-25-16/h2-7,9,11,13H,8,10H2,1H3,(H2,24,26,27,28,29). The third-order valence-corrected chi connectivity index (χ3v) is 5.90. The van der Waals surface area contributed by atoms with Gasteiger partial charge in [-0.25, -0.2) is 4.98 Å². The average Bonchev–Trinajstić information content (AvgIpc) is 3.24. The van der Waals surface area contributed by atoms with E-state index in [1.165, 1.54) is 7.11 Å². The molecule has 0 spiro atoms. The summed E-state index contributed by atoms with van der Waals surface area (Å²) in [6.07, 6.45) is 0.184. The van der Waals surface area contributed by atoms with Crippen molar-refractivity contribution in [3.63, 3.8) is 0 Å². The molecule has 164 valence electrons. The normalized spacial score (nSPS) is 11.8. The Labute approximate surface area is 198 Å². The number of rotatable bonds is 8. The highest BCUT2D eigenvalue weighted by Gasteiger charge is 2.18. The highest BCUT2D eigenvalue weighted by Crippen LogP contribution is 2.25. The van der Waals surface area contributed by atoms with Gasteiger partial charge in [0.1, 0.15) is 0 Å². The molecule has 2 aromatic heterocycles. The fourth-order valence-electron chi connectivity index (χ4n) is 3.09. The molecule has 4 aromatic rings. The second-order valence-electron chi connectivity index (χ2n) is 6.82. The molecule has 0 bridgehead atoms. The van der Waals surface area contributed by atoms with E-state index in [1.54, 1.807) is 29.0 Å². The molecule has 0 aliphatic rings. The predicted molar refractivity (Wildman–Crippen MR) is 127 cm³/mol. The van der Waals surface area contributed by atoms with E-state index in [0.29, 0.717) is 17.5 Å². The lowest BCUT2D eigenvalue weighted by molar-refractivity contribution is -0.141. The topological polar surface area (TPSA) is 102 Å². The Morgan fingerprint density at radius 2 is 1.88 bits per heavy atom. The van der Waals surface area contributed by atoms with Crippen LogP contribution in [0, 0.1) is 0 Å². The van der Waals surface area contributed by atoms with E-state index in [9.17, 15) is 4.79 Å². The van der Waals surface area contributed by atoms with Gasteiger partial charge in [0.25, 0.3) is 0 Å². The van der Waals surface area contributed by atoms with Gasteiger partial charge >= 0.3 is 5.97 Å². The molecule has 1 unspecified atom stereocenters. The molecule has 0 aliphatic carbocycles. The molecule has 1 atom stereocenters. The Bertz CT molecular complexity index is 1230. The van der Waals surface area contributed by atoms with Gasteiger partial charge < -0.3 is 15.4 Å². The SMILES string of the molecule is COC(=O)CC(CNc1nc(Cl)nc(Nc2ccc3ncsc3c2)n1)c1ccc(Cl)cc1. The molecule has 4 rings (SSSR count). The Morgan fingerprint density at radius 3 is 2.66 bits per heavy atom. The van der Waals surface area contributed by atoms with Gasteiger partial charge in [-0.15, -0.1) is 11.3 Å². The van der Waals surface area contributed by atoms with E-state index in [-0.39, 0.29) is 29.5 Å². The highest BCUT2D eigenvalue weighted by molar-refractivity contribution is 7.16. The largest absolute Gasteiger partial charge is 0.469 e. The first-order valence-electron chi connectivity index (χ1n) is 9.58. The van der Waals surface area contributed by atoms with Crippen molar-refractivity contribution in [1.82, 2.24) is 19.9 Å². The molecule has 0 aliphatic heterocycles. The number of hydrogen-bond donors (Lipinski definition) is 2. The molecule has 2 aromatic carbocycles. The predicted octanol–water partition coefficient (Wildman–Crippen LogP) is 5.29. The van der Waals surface area contributed by atoms with Crippen LogP contribution in [0.3, 0.4) is 0 Å². The second kappa shape index (κ2) is 10.1. The number of nitrogens with one attached hydrogen (secondary N) is 2. The molecule has 11 heteroatoms. The summed E-state index contributed by atoms with van der Waals surface area (Å²) in [5, 5.41) is 6.94. The first-order valence-corrected chi connectivity index (χ1v) is 11.2. The number of hydrogen-bond acceptors (Lipinski definition) is 9. The van der Waals surface area contributed by atoms with Crippen molar-refractivity contribution in [2.75, 3.05) is 24.3 Å². The molecular weight excluding hydrogens is 471 g/mol. The van der Waals surface area contributed by atoms with E-state index >= 15 is 0 Å². The zero-order chi connectivity index (χ0) is 22.5. The van der Waals surface area contributed by atoms with Crippen LogP contribution >= 0.6 is 34.5 Å². The molecule has 2 heterocycles. The van der Waals surface area contributed by atoms with Crippen LogP contribution in [0.4, 0.5) is 17.6 Å². The number of methoxy groups -OCH3 is 1. The van der Waals surface area contributed by atoms with Crippen molar-refractivity contribution >= 4 is 68.3 Å². The minimum Gasteiger partial charge on any atom is -0.469 e. The Morgan fingerprint density at radius 1 is 1.09 bits per heavy atom. The fraction of sp³-hybridized carbons (Fsp3) is 0.190. The molecule has 0 radical (unpaired) electrons. The molecule has 0 fully saturated rings. The van der Waals surface area contributed by atoms with Crippen LogP contribution in [0.2, 0.25) is 10.3 Å². The summed E-state index contributed by atoms with van der Waals surface area (Å²) in [4.78, 5) is 28.9. The molecular formula is C21H18Cl2N6O2S. The number of aromatic nitrogens is 4. The number of thiazole rings is 1. The van der Waals surface area contributed by atoms with Crippen molar-refractivity contribution < 1.29 is 9.53 Å². The summed E-state index contributed by atoms with van der Waals surface area (Å²) in [5.74, 6) is 0.0872. The number of carbonyl (C=O) groups excluding carboxylic acids is 1. The van der Waals surface area contributed by atoms with Crippen LogP contribution in [0.15, 0.2) is 48.0 Å². The summed E-state index contributed by atoms with van der Waals surface area (Å²) in [6.45, 7) is 0.378. The first kappa shape index (κ1) is 22.2. The number of anilines is 3. The summed E-state index contributed by atoms with van der Waals surface area (Å²) >= 11 is 13.6. The number of esters is 1. The maximum absolute atomic E-state index is 11.9. The van der Waals surface area contributed by atoms with Crippen LogP contribution in [-0.4, -0.2) is 39.6 Å². The van der Waals surface area contributed by atoms with Gasteiger partial charge in [0.2, 0.25) is 17.2 Å². The van der Waals surface area contributed by atoms with E-state index < -0.39 is 0 Å². The van der Waals surface area contributed by atoms with E-state index in [2.05, 4.69) is 30.6 Å². The zero-order valence-corrected chi connectivity index (χ0v) is 19.2. The van der Waals surface area contributed by atoms with Crippen LogP contribution in [0.1, 0.15) is 17.9 Å². The van der Waals surface area contributed by atoms with Crippen LogP contribution in [-0.2, 0) is 9.53 Å². The van der Waals surface area contributed by atoms with Gasteiger partial charge in [-0.3, -0.25) is 4.79 Å². The average molecular weight is 489 g/mol. The number of ether oxygens (including phenoxy) is 1. The smallest absolute Gasteiger partial charge is 0.306 e. The summed E-state index contributed by atoms with van der Waals surface area (Å²) in [5.41, 5.74) is 4.46. The minimum atomic E-state index is -0.318. The summed E-state index contributed by atoms with van der Waals surface area (Å²) < 4.78 is 5.88.